The number of fused-ring (bicyclic) bond motifs is 1. The highest BCUT2D eigenvalue weighted by atomic mass is 32.1. The number of aromatic nitrogens is 3. The minimum absolute atomic E-state index is 0.00453. The molecule has 30 heavy (non-hydrogen) atoms. The Labute approximate surface area is 175 Å². The van der Waals surface area contributed by atoms with Crippen LogP contribution < -0.4 is 21.0 Å². The first-order chi connectivity index (χ1) is 14.4. The molecule has 10 nitrogen and oxygen atoms in total. The molecule has 0 atom stereocenters. The van der Waals surface area contributed by atoms with E-state index in [-0.39, 0.29) is 23.0 Å². The number of carboxylic acid groups (broad SMARTS) is 1. The Bertz CT molecular complexity index is 1180. The lowest BCUT2D eigenvalue weighted by molar-refractivity contribution is 0.0695. The molecule has 4 heterocycles. The summed E-state index contributed by atoms with van der Waals surface area (Å²) >= 11 is 1.32. The first-order valence-electron chi connectivity index (χ1n) is 9.38. The topological polar surface area (TPSA) is 129 Å². The summed E-state index contributed by atoms with van der Waals surface area (Å²) in [4.78, 5) is 47.0. The van der Waals surface area contributed by atoms with Gasteiger partial charge >= 0.3 is 12.0 Å². The summed E-state index contributed by atoms with van der Waals surface area (Å²) in [5, 5.41) is 17.6. The van der Waals surface area contributed by atoms with Crippen molar-refractivity contribution in [2.75, 3.05) is 24.5 Å². The lowest BCUT2D eigenvalue weighted by Crippen LogP contribution is -2.61. The average molecular weight is 428 g/mol. The molecule has 4 rings (SSSR count). The number of nitrogens with zero attached hydrogens (tertiary/aromatic N) is 4. The summed E-state index contributed by atoms with van der Waals surface area (Å²) in [6.07, 6.45) is 2.88. The molecular weight excluding hydrogens is 408 g/mol. The maximum atomic E-state index is 12.8. The van der Waals surface area contributed by atoms with Gasteiger partial charge in [0.05, 0.1) is 11.4 Å². The molecule has 0 radical (unpaired) electrons. The summed E-state index contributed by atoms with van der Waals surface area (Å²) in [6, 6.07) is 1.57. The molecule has 3 aromatic heterocycles. The molecular formula is C19H20N6O4S. The fourth-order valence-corrected chi connectivity index (χ4v) is 4.04. The van der Waals surface area contributed by atoms with Crippen LogP contribution in [-0.2, 0) is 0 Å². The van der Waals surface area contributed by atoms with Gasteiger partial charge in [-0.3, -0.25) is 9.36 Å². The summed E-state index contributed by atoms with van der Waals surface area (Å²) in [7, 11) is 0. The number of urea groups is 1. The van der Waals surface area contributed by atoms with Gasteiger partial charge in [0.25, 0.3) is 0 Å². The highest BCUT2D eigenvalue weighted by Crippen LogP contribution is 2.26. The predicted molar refractivity (Wildman–Crippen MR) is 113 cm³/mol. The van der Waals surface area contributed by atoms with Crippen molar-refractivity contribution in [3.05, 3.63) is 45.2 Å². The van der Waals surface area contributed by atoms with Gasteiger partial charge in [-0.05, 0) is 25.5 Å². The number of carboxylic acids is 1. The van der Waals surface area contributed by atoms with Gasteiger partial charge in [-0.25, -0.2) is 19.6 Å². The SMILES string of the molecule is CCNC(=O)NC1CN(c2cc(C)c3c(=O)c(C(=O)O)cn(-c4nccs4)c3n2)C1. The fraction of sp³-hybridized carbons (Fsp3) is 0.316. The minimum atomic E-state index is -1.29. The van der Waals surface area contributed by atoms with E-state index >= 15 is 0 Å². The lowest BCUT2D eigenvalue weighted by Gasteiger charge is -2.40. The van der Waals surface area contributed by atoms with Crippen LogP contribution in [0.15, 0.2) is 28.6 Å². The zero-order chi connectivity index (χ0) is 21.4. The van der Waals surface area contributed by atoms with Crippen molar-refractivity contribution in [1.82, 2.24) is 25.2 Å². The quantitative estimate of drug-likeness (QED) is 0.559. The Morgan fingerprint density at radius 3 is 2.77 bits per heavy atom. The Kier molecular flexibility index (Phi) is 5.12. The van der Waals surface area contributed by atoms with Gasteiger partial charge < -0.3 is 20.6 Å². The molecule has 156 valence electrons. The summed E-state index contributed by atoms with van der Waals surface area (Å²) in [5.41, 5.74) is 0.0929. The number of hydrogen-bond acceptors (Lipinski definition) is 7. The van der Waals surface area contributed by atoms with Crippen LogP contribution in [0.4, 0.5) is 10.6 Å². The summed E-state index contributed by atoms with van der Waals surface area (Å²) in [5.74, 6) is -0.639. The summed E-state index contributed by atoms with van der Waals surface area (Å²) in [6.45, 7) is 5.34. The molecule has 0 saturated carbocycles. The Hall–Kier alpha value is -3.47. The molecule has 0 spiro atoms. The van der Waals surface area contributed by atoms with Gasteiger partial charge in [-0.2, -0.15) is 0 Å². The molecule has 2 amide bonds. The smallest absolute Gasteiger partial charge is 0.341 e. The minimum Gasteiger partial charge on any atom is -0.477 e. The maximum Gasteiger partial charge on any atom is 0.341 e. The second-order valence-electron chi connectivity index (χ2n) is 6.96. The van der Waals surface area contributed by atoms with Crippen molar-refractivity contribution < 1.29 is 14.7 Å². The van der Waals surface area contributed by atoms with E-state index in [1.54, 1.807) is 29.1 Å². The van der Waals surface area contributed by atoms with E-state index < -0.39 is 11.4 Å². The van der Waals surface area contributed by atoms with Crippen LogP contribution in [0, 0.1) is 6.92 Å². The second kappa shape index (κ2) is 7.75. The zero-order valence-electron chi connectivity index (χ0n) is 16.4. The fourth-order valence-electron chi connectivity index (χ4n) is 3.43. The molecule has 0 aliphatic carbocycles. The van der Waals surface area contributed by atoms with Crippen LogP contribution in [0.1, 0.15) is 22.8 Å². The monoisotopic (exact) mass is 428 g/mol. The van der Waals surface area contributed by atoms with Gasteiger partial charge in [-0.15, -0.1) is 11.3 Å². The lowest BCUT2D eigenvalue weighted by atomic mass is 10.1. The number of aryl methyl sites for hydroxylation is 1. The zero-order valence-corrected chi connectivity index (χ0v) is 17.2. The van der Waals surface area contributed by atoms with Gasteiger partial charge in [0.1, 0.15) is 11.4 Å². The molecule has 0 aromatic carbocycles. The van der Waals surface area contributed by atoms with Gasteiger partial charge in [0, 0.05) is 37.4 Å². The Morgan fingerprint density at radius 1 is 1.37 bits per heavy atom. The number of rotatable bonds is 5. The van der Waals surface area contributed by atoms with Crippen LogP contribution in [0.5, 0.6) is 0 Å². The van der Waals surface area contributed by atoms with Crippen LogP contribution in [0.25, 0.3) is 16.2 Å². The van der Waals surface area contributed by atoms with Crippen LogP contribution in [-0.4, -0.2) is 57.3 Å². The molecule has 1 fully saturated rings. The van der Waals surface area contributed by atoms with Crippen LogP contribution in [0.3, 0.4) is 0 Å². The third-order valence-corrected chi connectivity index (χ3v) is 5.65. The molecule has 3 aromatic rings. The van der Waals surface area contributed by atoms with Crippen LogP contribution >= 0.6 is 11.3 Å². The third-order valence-electron chi connectivity index (χ3n) is 4.88. The first kappa shape index (κ1) is 19.8. The van der Waals surface area contributed by atoms with E-state index in [1.807, 2.05) is 11.8 Å². The number of carbonyl (C=O) groups is 2. The van der Waals surface area contributed by atoms with E-state index in [2.05, 4.69) is 20.6 Å². The number of pyridine rings is 2. The highest BCUT2D eigenvalue weighted by molar-refractivity contribution is 7.12. The van der Waals surface area contributed by atoms with Gasteiger partial charge in [-0.1, -0.05) is 0 Å². The van der Waals surface area contributed by atoms with Crippen molar-refractivity contribution in [3.63, 3.8) is 0 Å². The first-order valence-corrected chi connectivity index (χ1v) is 10.3. The van der Waals surface area contributed by atoms with Crippen molar-refractivity contribution in [1.29, 1.82) is 0 Å². The van der Waals surface area contributed by atoms with Crippen molar-refractivity contribution >= 4 is 40.2 Å². The van der Waals surface area contributed by atoms with E-state index in [0.717, 1.165) is 0 Å². The third kappa shape index (κ3) is 3.47. The van der Waals surface area contributed by atoms with Crippen molar-refractivity contribution in [2.45, 2.75) is 19.9 Å². The van der Waals surface area contributed by atoms with E-state index in [9.17, 15) is 19.5 Å². The number of anilines is 1. The normalized spacial score (nSPS) is 13.9. The van der Waals surface area contributed by atoms with E-state index in [0.29, 0.717) is 41.8 Å². The number of aromatic carboxylic acids is 1. The number of carbonyl (C=O) groups excluding carboxylic acids is 1. The van der Waals surface area contributed by atoms with Crippen molar-refractivity contribution in [2.24, 2.45) is 0 Å². The largest absolute Gasteiger partial charge is 0.477 e. The molecule has 0 bridgehead atoms. The Morgan fingerprint density at radius 2 is 2.13 bits per heavy atom. The number of thiazole rings is 1. The highest BCUT2D eigenvalue weighted by Gasteiger charge is 2.30. The van der Waals surface area contributed by atoms with Gasteiger partial charge in [0.15, 0.2) is 10.8 Å². The van der Waals surface area contributed by atoms with Crippen molar-refractivity contribution in [3.8, 4) is 5.13 Å². The molecule has 11 heteroatoms. The molecule has 1 aliphatic rings. The number of amides is 2. The molecule has 1 saturated heterocycles. The summed E-state index contributed by atoms with van der Waals surface area (Å²) < 4.78 is 1.55. The Balaban J connectivity index is 1.74. The molecule has 3 N–H and O–H groups in total. The standard InChI is InChI=1S/C19H20N6O4S/c1-3-20-18(29)22-11-7-24(8-11)13-6-10(2)14-15(26)12(17(27)28)9-25(16(14)23-13)19-21-4-5-30-19/h4-6,9,11H,3,7-8H2,1-2H3,(H,27,28)(H2,20,22,29). The van der Waals surface area contributed by atoms with E-state index in [4.69, 9.17) is 0 Å². The number of hydrogen-bond donors (Lipinski definition) is 3. The molecule has 0 unspecified atom stereocenters. The maximum absolute atomic E-state index is 12.8. The second-order valence-corrected chi connectivity index (χ2v) is 7.84. The number of nitrogens with one attached hydrogen (secondary N) is 2. The predicted octanol–water partition coefficient (Wildman–Crippen LogP) is 1.36. The van der Waals surface area contributed by atoms with E-state index in [1.165, 1.54) is 17.5 Å². The van der Waals surface area contributed by atoms with Gasteiger partial charge in [0.2, 0.25) is 5.43 Å². The van der Waals surface area contributed by atoms with Crippen LogP contribution in [0.2, 0.25) is 0 Å². The average Bonchev–Trinajstić information content (AvgIpc) is 3.18. The molecule has 1 aliphatic heterocycles.